The maximum atomic E-state index is 12.8. The van der Waals surface area contributed by atoms with Crippen molar-refractivity contribution in [1.82, 2.24) is 9.29 Å². The third-order valence-corrected chi connectivity index (χ3v) is 5.60. The van der Waals surface area contributed by atoms with Crippen molar-refractivity contribution < 1.29 is 8.42 Å². The molecule has 0 radical (unpaired) electrons. The molecule has 1 saturated heterocycles. The van der Waals surface area contributed by atoms with Gasteiger partial charge in [-0.05, 0) is 25.0 Å². The highest BCUT2D eigenvalue weighted by atomic mass is 32.2. The number of hydrogen-bond acceptors (Lipinski definition) is 4. The molecule has 1 aromatic heterocycles. The number of rotatable bonds is 2. The maximum Gasteiger partial charge on any atom is 0.243 e. The fraction of sp³-hybridized carbons (Fsp3) is 0.357. The summed E-state index contributed by atoms with van der Waals surface area (Å²) in [5.41, 5.74) is 5.90. The molecule has 1 aromatic carbocycles. The summed E-state index contributed by atoms with van der Waals surface area (Å²) in [4.78, 5) is 4.37. The van der Waals surface area contributed by atoms with Gasteiger partial charge in [-0.2, -0.15) is 4.31 Å². The van der Waals surface area contributed by atoms with Gasteiger partial charge >= 0.3 is 0 Å². The summed E-state index contributed by atoms with van der Waals surface area (Å²) in [5.74, 6) is 0. The number of benzene rings is 1. The molecule has 2 N–H and O–H groups in total. The highest BCUT2D eigenvalue weighted by Crippen LogP contribution is 2.26. The lowest BCUT2D eigenvalue weighted by atomic mass is 10.1. The topological polar surface area (TPSA) is 76.3 Å². The molecule has 1 aliphatic rings. The number of fused-ring (bicyclic) bond motifs is 1. The summed E-state index contributed by atoms with van der Waals surface area (Å²) in [5, 5.41) is 1.54. The van der Waals surface area contributed by atoms with Crippen molar-refractivity contribution >= 4 is 20.8 Å². The van der Waals surface area contributed by atoms with Crippen LogP contribution in [0.2, 0.25) is 0 Å². The van der Waals surface area contributed by atoms with E-state index < -0.39 is 10.0 Å². The minimum Gasteiger partial charge on any atom is -0.327 e. The first-order chi connectivity index (χ1) is 9.59. The van der Waals surface area contributed by atoms with E-state index in [1.807, 2.05) is 6.07 Å². The molecule has 6 heteroatoms. The van der Waals surface area contributed by atoms with Crippen molar-refractivity contribution in [3.05, 3.63) is 36.7 Å². The Morgan fingerprint density at radius 2 is 2.15 bits per heavy atom. The first-order valence-electron chi connectivity index (χ1n) is 6.67. The Labute approximate surface area is 118 Å². The molecule has 0 aliphatic carbocycles. The number of hydrogen-bond donors (Lipinski definition) is 1. The van der Waals surface area contributed by atoms with Gasteiger partial charge in [-0.3, -0.25) is 4.98 Å². The van der Waals surface area contributed by atoms with E-state index in [2.05, 4.69) is 4.98 Å². The smallest absolute Gasteiger partial charge is 0.243 e. The van der Waals surface area contributed by atoms with Gasteiger partial charge in [0.2, 0.25) is 10.0 Å². The van der Waals surface area contributed by atoms with Crippen LogP contribution < -0.4 is 5.73 Å². The third kappa shape index (κ3) is 2.30. The fourth-order valence-corrected chi connectivity index (χ4v) is 4.40. The van der Waals surface area contributed by atoms with Gasteiger partial charge in [0.25, 0.3) is 0 Å². The van der Waals surface area contributed by atoms with Crippen LogP contribution in [0.15, 0.2) is 41.6 Å². The Morgan fingerprint density at radius 1 is 1.30 bits per heavy atom. The van der Waals surface area contributed by atoms with Gasteiger partial charge in [0.1, 0.15) is 0 Å². The average molecular weight is 291 g/mol. The molecule has 2 aromatic rings. The van der Waals surface area contributed by atoms with E-state index in [1.165, 1.54) is 4.31 Å². The molecule has 0 saturated carbocycles. The lowest BCUT2D eigenvalue weighted by molar-refractivity contribution is 0.316. The molecule has 5 nitrogen and oxygen atoms in total. The van der Waals surface area contributed by atoms with E-state index in [4.69, 9.17) is 5.73 Å². The van der Waals surface area contributed by atoms with Crippen LogP contribution in [0.3, 0.4) is 0 Å². The zero-order valence-electron chi connectivity index (χ0n) is 11.1. The monoisotopic (exact) mass is 291 g/mol. The second-order valence-electron chi connectivity index (χ2n) is 5.12. The first-order valence-corrected chi connectivity index (χ1v) is 8.11. The number of pyridine rings is 1. The normalized spacial score (nSPS) is 21.1. The maximum absolute atomic E-state index is 12.8. The lowest BCUT2D eigenvalue weighted by Crippen LogP contribution is -2.45. The molecule has 106 valence electrons. The number of aromatic nitrogens is 1. The van der Waals surface area contributed by atoms with E-state index in [1.54, 1.807) is 30.6 Å². The summed E-state index contributed by atoms with van der Waals surface area (Å²) in [6, 6.07) is 6.93. The zero-order valence-corrected chi connectivity index (χ0v) is 11.9. The highest BCUT2D eigenvalue weighted by molar-refractivity contribution is 7.89. The van der Waals surface area contributed by atoms with Crippen molar-refractivity contribution in [3.63, 3.8) is 0 Å². The van der Waals surface area contributed by atoms with Gasteiger partial charge < -0.3 is 5.73 Å². The molecule has 0 amide bonds. The Morgan fingerprint density at radius 3 is 2.95 bits per heavy atom. The summed E-state index contributed by atoms with van der Waals surface area (Å²) in [6.45, 7) is 0.932. The van der Waals surface area contributed by atoms with E-state index in [0.29, 0.717) is 23.4 Å². The SMILES string of the molecule is NC1CCCN(S(=O)(=O)c2cccc3cnccc23)C1. The molecule has 0 bridgehead atoms. The summed E-state index contributed by atoms with van der Waals surface area (Å²) in [7, 11) is -3.50. The van der Waals surface area contributed by atoms with Gasteiger partial charge in [0.05, 0.1) is 4.90 Å². The van der Waals surface area contributed by atoms with Crippen molar-refractivity contribution in [2.24, 2.45) is 5.73 Å². The average Bonchev–Trinajstić information content (AvgIpc) is 2.46. The number of sulfonamides is 1. The second-order valence-corrected chi connectivity index (χ2v) is 7.02. The molecule has 1 atom stereocenters. The van der Waals surface area contributed by atoms with Crippen LogP contribution in [-0.2, 0) is 10.0 Å². The number of nitrogens with zero attached hydrogens (tertiary/aromatic N) is 2. The highest BCUT2D eigenvalue weighted by Gasteiger charge is 2.29. The standard InChI is InChI=1S/C14H17N3O2S/c15-12-4-2-8-17(10-12)20(18,19)14-5-1-3-11-9-16-7-6-13(11)14/h1,3,5-7,9,12H,2,4,8,10,15H2. The predicted molar refractivity (Wildman–Crippen MR) is 77.7 cm³/mol. The van der Waals surface area contributed by atoms with Crippen LogP contribution in [0.4, 0.5) is 0 Å². The van der Waals surface area contributed by atoms with Crippen LogP contribution in [-0.4, -0.2) is 36.8 Å². The third-order valence-electron chi connectivity index (χ3n) is 3.68. The quantitative estimate of drug-likeness (QED) is 0.906. The van der Waals surface area contributed by atoms with Gasteiger partial charge in [-0.1, -0.05) is 12.1 Å². The van der Waals surface area contributed by atoms with Gasteiger partial charge in [0.15, 0.2) is 0 Å². The van der Waals surface area contributed by atoms with E-state index in [0.717, 1.165) is 18.2 Å². The molecule has 2 heterocycles. The largest absolute Gasteiger partial charge is 0.327 e. The van der Waals surface area contributed by atoms with Crippen molar-refractivity contribution in [3.8, 4) is 0 Å². The lowest BCUT2D eigenvalue weighted by Gasteiger charge is -2.30. The van der Waals surface area contributed by atoms with Crippen molar-refractivity contribution in [2.45, 2.75) is 23.8 Å². The second kappa shape index (κ2) is 5.12. The number of piperidine rings is 1. The van der Waals surface area contributed by atoms with Crippen molar-refractivity contribution in [2.75, 3.05) is 13.1 Å². The van der Waals surface area contributed by atoms with Crippen LogP contribution in [0.25, 0.3) is 10.8 Å². The van der Waals surface area contributed by atoms with E-state index >= 15 is 0 Å². The Bertz CT molecular complexity index is 725. The van der Waals surface area contributed by atoms with Gasteiger partial charge in [0, 0.05) is 42.3 Å². The molecule has 1 fully saturated rings. The van der Waals surface area contributed by atoms with Gasteiger partial charge in [-0.15, -0.1) is 0 Å². The zero-order chi connectivity index (χ0) is 14.2. The van der Waals surface area contributed by atoms with Crippen LogP contribution in [0.1, 0.15) is 12.8 Å². The van der Waals surface area contributed by atoms with Crippen LogP contribution >= 0.6 is 0 Å². The Kier molecular flexibility index (Phi) is 3.45. The van der Waals surface area contributed by atoms with Crippen LogP contribution in [0, 0.1) is 0 Å². The molecule has 3 rings (SSSR count). The molecule has 1 aliphatic heterocycles. The van der Waals surface area contributed by atoms with Crippen molar-refractivity contribution in [1.29, 1.82) is 0 Å². The van der Waals surface area contributed by atoms with Gasteiger partial charge in [-0.25, -0.2) is 8.42 Å². The predicted octanol–water partition coefficient (Wildman–Crippen LogP) is 1.35. The fourth-order valence-electron chi connectivity index (χ4n) is 2.65. The molecular weight excluding hydrogens is 274 g/mol. The molecule has 0 spiro atoms. The first kappa shape index (κ1) is 13.5. The number of nitrogens with two attached hydrogens (primary N) is 1. The summed E-state index contributed by atoms with van der Waals surface area (Å²) in [6.07, 6.45) is 4.98. The molecule has 20 heavy (non-hydrogen) atoms. The Balaban J connectivity index is 2.09. The summed E-state index contributed by atoms with van der Waals surface area (Å²) >= 11 is 0. The minimum absolute atomic E-state index is 0.0739. The van der Waals surface area contributed by atoms with E-state index in [9.17, 15) is 8.42 Å². The van der Waals surface area contributed by atoms with Crippen LogP contribution in [0.5, 0.6) is 0 Å². The summed E-state index contributed by atoms with van der Waals surface area (Å²) < 4.78 is 27.1. The minimum atomic E-state index is -3.50. The Hall–Kier alpha value is -1.50. The van der Waals surface area contributed by atoms with E-state index in [-0.39, 0.29) is 6.04 Å². The molecular formula is C14H17N3O2S. The molecule has 1 unspecified atom stereocenters.